The van der Waals surface area contributed by atoms with Crippen molar-refractivity contribution in [3.8, 4) is 0 Å². The molecule has 3 aliphatic heterocycles. The maximum absolute atomic E-state index is 13.0. The van der Waals surface area contributed by atoms with Gasteiger partial charge in [0, 0.05) is 26.2 Å². The number of hydrogen-bond acceptors (Lipinski definition) is 8. The van der Waals surface area contributed by atoms with Crippen LogP contribution in [0.25, 0.3) is 0 Å². The van der Waals surface area contributed by atoms with Gasteiger partial charge in [0.05, 0.1) is 7.11 Å². The van der Waals surface area contributed by atoms with E-state index in [-0.39, 0.29) is 32.2 Å². The summed E-state index contributed by atoms with van der Waals surface area (Å²) < 4.78 is 9.61. The minimum absolute atomic E-state index is 0.0927. The number of fused-ring (bicyclic) bond motifs is 1. The molecule has 3 heterocycles. The van der Waals surface area contributed by atoms with E-state index in [2.05, 4.69) is 0 Å². The highest BCUT2D eigenvalue weighted by molar-refractivity contribution is 6.06. The Balaban J connectivity index is 0.000000179. The normalized spacial score (nSPS) is 20.7. The summed E-state index contributed by atoms with van der Waals surface area (Å²) in [6, 6.07) is 31.8. The van der Waals surface area contributed by atoms with Gasteiger partial charge in [-0.25, -0.2) is 28.8 Å². The fourth-order valence-corrected chi connectivity index (χ4v) is 6.65. The third-order valence-corrected chi connectivity index (χ3v) is 9.09. The molecule has 0 aromatic heterocycles. The predicted octanol–water partition coefficient (Wildman–Crippen LogP) is 4.06. The van der Waals surface area contributed by atoms with E-state index in [1.807, 2.05) is 109 Å². The van der Waals surface area contributed by atoms with Crippen molar-refractivity contribution in [1.29, 1.82) is 0 Å². The molecule has 4 amide bonds. The first-order valence-electron chi connectivity index (χ1n) is 16.5. The Hall–Kier alpha value is -6.50. The first kappa shape index (κ1) is 35.3. The molecule has 7 rings (SSSR count). The Bertz CT molecular complexity index is 1860. The van der Waals surface area contributed by atoms with Gasteiger partial charge in [-0.2, -0.15) is 0 Å². The minimum Gasteiger partial charge on any atom is -0.480 e. The highest BCUT2D eigenvalue weighted by Gasteiger charge is 2.59. The molecule has 0 saturated carbocycles. The summed E-state index contributed by atoms with van der Waals surface area (Å²) in [7, 11) is 1.19. The topological polar surface area (TPSA) is 154 Å². The Kier molecular flexibility index (Phi) is 10.6. The van der Waals surface area contributed by atoms with Gasteiger partial charge in [-0.3, -0.25) is 0 Å². The number of methoxy groups -OCH3 is 1. The number of aliphatic carboxylic acids is 1. The summed E-state index contributed by atoms with van der Waals surface area (Å²) in [6.07, 6.45) is 0. The summed E-state index contributed by atoms with van der Waals surface area (Å²) in [5.74, 6) is -3.31. The molecule has 266 valence electrons. The van der Waals surface area contributed by atoms with Crippen molar-refractivity contribution in [1.82, 2.24) is 19.6 Å². The van der Waals surface area contributed by atoms with Gasteiger partial charge in [0.25, 0.3) is 0 Å². The third-order valence-electron chi connectivity index (χ3n) is 9.09. The van der Waals surface area contributed by atoms with E-state index in [1.165, 1.54) is 26.7 Å². The molecule has 13 heteroatoms. The third kappa shape index (κ3) is 7.33. The first-order valence-corrected chi connectivity index (χ1v) is 16.5. The maximum Gasteiger partial charge on any atom is 0.339 e. The average Bonchev–Trinajstić information content (AvgIpc) is 3.72. The zero-order valence-electron chi connectivity index (χ0n) is 28.2. The van der Waals surface area contributed by atoms with Crippen LogP contribution in [-0.2, 0) is 54.8 Å². The van der Waals surface area contributed by atoms with Crippen molar-refractivity contribution in [3.05, 3.63) is 144 Å². The number of carboxylic acids is 1. The summed E-state index contributed by atoms with van der Waals surface area (Å²) >= 11 is 0. The van der Waals surface area contributed by atoms with Crippen molar-refractivity contribution in [3.63, 3.8) is 0 Å². The number of nitrogens with zero attached hydrogens (tertiary/aromatic N) is 4. The van der Waals surface area contributed by atoms with Crippen molar-refractivity contribution >= 4 is 35.9 Å². The molecule has 0 bridgehead atoms. The van der Waals surface area contributed by atoms with Gasteiger partial charge in [0.15, 0.2) is 24.2 Å². The lowest BCUT2D eigenvalue weighted by molar-refractivity contribution is -0.154. The Morgan fingerprint density at radius 2 is 0.846 bits per heavy atom. The lowest BCUT2D eigenvalue weighted by atomic mass is 10.1. The number of carbonyl (C=O) groups excluding carboxylic acids is 5. The molecule has 0 radical (unpaired) electrons. The SMILES string of the molecule is COC(=O)[C@@H]1[C@H](C(=O)O)N(Cc2ccccc2)C(=O)N1Cc1ccccc1.O=C1OC(=O)[C@H]2[C@@H]1N(Cc1ccccc1)C(=O)N2Cc1ccccc1. The van der Waals surface area contributed by atoms with Gasteiger partial charge in [0.2, 0.25) is 0 Å². The molecule has 0 spiro atoms. The summed E-state index contributed by atoms with van der Waals surface area (Å²) in [5.41, 5.74) is 3.36. The second-order valence-electron chi connectivity index (χ2n) is 12.4. The fraction of sp³-hybridized carbons (Fsp3) is 0.231. The van der Waals surface area contributed by atoms with Crippen molar-refractivity contribution in [2.24, 2.45) is 0 Å². The number of carboxylic acid groups (broad SMARTS) is 1. The van der Waals surface area contributed by atoms with E-state index in [4.69, 9.17) is 9.47 Å². The second-order valence-corrected chi connectivity index (χ2v) is 12.4. The molecule has 0 unspecified atom stereocenters. The number of cyclic esters (lactones) is 2. The smallest absolute Gasteiger partial charge is 0.339 e. The van der Waals surface area contributed by atoms with Crippen LogP contribution in [0.5, 0.6) is 0 Å². The molecule has 0 aliphatic carbocycles. The number of carbonyl (C=O) groups is 6. The van der Waals surface area contributed by atoms with Crippen LogP contribution in [0.4, 0.5) is 9.59 Å². The van der Waals surface area contributed by atoms with E-state index >= 15 is 0 Å². The number of hydrogen-bond donors (Lipinski definition) is 1. The molecule has 1 N–H and O–H groups in total. The zero-order valence-corrected chi connectivity index (χ0v) is 28.2. The van der Waals surface area contributed by atoms with E-state index in [9.17, 15) is 33.9 Å². The van der Waals surface area contributed by atoms with Crippen LogP contribution in [0, 0.1) is 0 Å². The largest absolute Gasteiger partial charge is 0.480 e. The van der Waals surface area contributed by atoms with Gasteiger partial charge in [-0.15, -0.1) is 0 Å². The highest BCUT2D eigenvalue weighted by Crippen LogP contribution is 2.33. The summed E-state index contributed by atoms with van der Waals surface area (Å²) in [6.45, 7) is 0.729. The van der Waals surface area contributed by atoms with Gasteiger partial charge in [-0.1, -0.05) is 121 Å². The molecule has 4 aromatic rings. The van der Waals surface area contributed by atoms with Crippen LogP contribution in [0.15, 0.2) is 121 Å². The highest BCUT2D eigenvalue weighted by atomic mass is 16.6. The number of benzene rings is 4. The summed E-state index contributed by atoms with van der Waals surface area (Å²) in [4.78, 5) is 79.9. The van der Waals surface area contributed by atoms with Gasteiger partial charge in [-0.05, 0) is 22.3 Å². The van der Waals surface area contributed by atoms with Crippen molar-refractivity contribution in [2.45, 2.75) is 50.3 Å². The zero-order chi connectivity index (χ0) is 36.8. The van der Waals surface area contributed by atoms with Gasteiger partial charge in [0.1, 0.15) is 0 Å². The molecule has 4 atom stereocenters. The van der Waals surface area contributed by atoms with Crippen LogP contribution < -0.4 is 0 Å². The van der Waals surface area contributed by atoms with Crippen LogP contribution in [0.2, 0.25) is 0 Å². The van der Waals surface area contributed by atoms with Crippen LogP contribution in [-0.4, -0.2) is 91.9 Å². The summed E-state index contributed by atoms with van der Waals surface area (Å²) in [5, 5.41) is 9.75. The van der Waals surface area contributed by atoms with E-state index in [0.717, 1.165) is 22.3 Å². The van der Waals surface area contributed by atoms with E-state index in [1.54, 1.807) is 12.1 Å². The molecular weight excluding hydrogens is 668 g/mol. The Morgan fingerprint density at radius 3 is 1.17 bits per heavy atom. The van der Waals surface area contributed by atoms with Crippen LogP contribution >= 0.6 is 0 Å². The first-order chi connectivity index (χ1) is 25.2. The number of rotatable bonds is 10. The van der Waals surface area contributed by atoms with E-state index in [0.29, 0.717) is 0 Å². The molecule has 4 aromatic carbocycles. The lowest BCUT2D eigenvalue weighted by Crippen LogP contribution is -2.48. The molecule has 13 nitrogen and oxygen atoms in total. The average molecular weight is 705 g/mol. The Labute approximate surface area is 299 Å². The number of amides is 4. The standard InChI is InChI=1S/C20H20N2O5.C19H16N2O4/c1-27-19(25)17-16(18(23)24)21(12-14-8-4-2-5-9-14)20(26)22(17)13-15-10-6-3-7-11-15;22-17-15-16(18(23)25-17)21(12-14-9-5-2-6-10-14)19(24)20(15)11-13-7-3-1-4-8-13/h2-11,16-17H,12-13H2,1H3,(H,23,24);1-10,15-16H,11-12H2/t16-,17+;15-,16+/m1./s1. The van der Waals surface area contributed by atoms with Crippen LogP contribution in [0.3, 0.4) is 0 Å². The maximum atomic E-state index is 13.0. The van der Waals surface area contributed by atoms with Crippen LogP contribution in [0.1, 0.15) is 22.3 Å². The van der Waals surface area contributed by atoms with Crippen molar-refractivity contribution < 1.29 is 43.3 Å². The quantitative estimate of drug-likeness (QED) is 0.190. The number of ether oxygens (including phenoxy) is 2. The van der Waals surface area contributed by atoms with Gasteiger partial charge >= 0.3 is 35.9 Å². The minimum atomic E-state index is -1.33. The Morgan fingerprint density at radius 1 is 0.538 bits per heavy atom. The lowest BCUT2D eigenvalue weighted by Gasteiger charge is -2.23. The number of urea groups is 2. The van der Waals surface area contributed by atoms with E-state index < -0.39 is 54.1 Å². The molecule has 3 saturated heterocycles. The molecule has 52 heavy (non-hydrogen) atoms. The molecular formula is C39H36N4O9. The second kappa shape index (κ2) is 15.6. The number of esters is 3. The monoisotopic (exact) mass is 704 g/mol. The molecule has 3 aliphatic rings. The predicted molar refractivity (Wildman–Crippen MR) is 185 cm³/mol. The fourth-order valence-electron chi connectivity index (χ4n) is 6.65. The van der Waals surface area contributed by atoms with Gasteiger partial charge < -0.3 is 34.2 Å². The van der Waals surface area contributed by atoms with Crippen molar-refractivity contribution in [2.75, 3.05) is 7.11 Å². The molecule has 3 fully saturated rings.